The van der Waals surface area contributed by atoms with E-state index in [0.717, 1.165) is 18.4 Å². The number of carbonyl (C=O) groups is 1. The van der Waals surface area contributed by atoms with Gasteiger partial charge in [-0.25, -0.2) is 9.97 Å². The second-order valence-electron chi connectivity index (χ2n) is 7.99. The maximum Gasteiger partial charge on any atom is 0.295 e. The van der Waals surface area contributed by atoms with Crippen LogP contribution in [0, 0.1) is 5.92 Å². The quantitative estimate of drug-likeness (QED) is 0.589. The molecule has 1 fully saturated rings. The zero-order valence-corrected chi connectivity index (χ0v) is 19.2. The lowest BCUT2D eigenvalue weighted by Crippen LogP contribution is -2.45. The van der Waals surface area contributed by atoms with Gasteiger partial charge < -0.3 is 19.7 Å². The van der Waals surface area contributed by atoms with Crippen molar-refractivity contribution in [1.29, 1.82) is 0 Å². The van der Waals surface area contributed by atoms with Crippen molar-refractivity contribution >= 4 is 22.9 Å². The highest BCUT2D eigenvalue weighted by atomic mass is 16.5. The highest BCUT2D eigenvalue weighted by Gasteiger charge is 2.28. The lowest BCUT2D eigenvalue weighted by Gasteiger charge is -2.32. The summed E-state index contributed by atoms with van der Waals surface area (Å²) in [5, 5.41) is 3.02. The number of ether oxygens (including phenoxy) is 2. The lowest BCUT2D eigenvalue weighted by molar-refractivity contribution is -0.125. The number of pyridine rings is 1. The number of piperidine rings is 1. The summed E-state index contributed by atoms with van der Waals surface area (Å²) in [6.45, 7) is 3.88. The molecule has 0 saturated carbocycles. The first-order valence-corrected chi connectivity index (χ1v) is 11.2. The predicted molar refractivity (Wildman–Crippen MR) is 126 cm³/mol. The van der Waals surface area contributed by atoms with E-state index in [1.54, 1.807) is 25.0 Å². The Labute approximate surface area is 192 Å². The lowest BCUT2D eigenvalue weighted by atomic mass is 9.97. The van der Waals surface area contributed by atoms with E-state index in [9.17, 15) is 9.59 Å². The van der Waals surface area contributed by atoms with Crippen molar-refractivity contribution in [3.05, 3.63) is 52.4 Å². The Bertz CT molecular complexity index is 1210. The number of rotatable bonds is 7. The molecule has 1 aliphatic heterocycles. The molecule has 1 aromatic carbocycles. The maximum atomic E-state index is 13.1. The molecule has 1 atom stereocenters. The van der Waals surface area contributed by atoms with E-state index in [1.165, 1.54) is 0 Å². The maximum absolute atomic E-state index is 13.1. The number of methoxy groups -OCH3 is 2. The average Bonchev–Trinajstić information content (AvgIpc) is 2.86. The summed E-state index contributed by atoms with van der Waals surface area (Å²) in [5.41, 5.74) is 1.91. The monoisotopic (exact) mass is 451 g/mol. The number of aromatic nitrogens is 3. The van der Waals surface area contributed by atoms with Gasteiger partial charge in [-0.1, -0.05) is 12.1 Å². The molecular weight excluding hydrogens is 422 g/mol. The topological polar surface area (TPSA) is 98.6 Å². The third-order valence-corrected chi connectivity index (χ3v) is 6.03. The molecule has 3 heterocycles. The molecule has 0 radical (unpaired) electrons. The number of nitrogens with zero attached hydrogens (tertiary/aromatic N) is 4. The van der Waals surface area contributed by atoms with Gasteiger partial charge in [0.2, 0.25) is 5.91 Å². The van der Waals surface area contributed by atoms with Crippen molar-refractivity contribution in [2.75, 3.05) is 32.2 Å². The van der Waals surface area contributed by atoms with Crippen LogP contribution in [0.3, 0.4) is 0 Å². The number of nitrogens with one attached hydrogen (secondary N) is 1. The highest BCUT2D eigenvalue weighted by molar-refractivity contribution is 5.80. The molecule has 0 spiro atoms. The predicted octanol–water partition coefficient (Wildman–Crippen LogP) is 2.36. The Morgan fingerprint density at radius 1 is 1.21 bits per heavy atom. The summed E-state index contributed by atoms with van der Waals surface area (Å²) in [4.78, 5) is 37.0. The number of anilines is 1. The van der Waals surface area contributed by atoms with Crippen LogP contribution in [0.5, 0.6) is 11.5 Å². The van der Waals surface area contributed by atoms with Crippen molar-refractivity contribution < 1.29 is 14.3 Å². The standard InChI is InChI=1S/C24H29N5O4/c1-4-29-21-18(10-6-12-25-21)27-22(24(29)31)28-13-7-9-17(15-28)23(30)26-14-16-8-5-11-19(32-2)20(16)33-3/h5-6,8,10-12,17H,4,7,9,13-15H2,1-3H3,(H,26,30)/t17-/m1/s1. The number of hydrogen-bond acceptors (Lipinski definition) is 7. The molecule has 33 heavy (non-hydrogen) atoms. The molecule has 1 saturated heterocycles. The summed E-state index contributed by atoms with van der Waals surface area (Å²) in [7, 11) is 3.16. The smallest absolute Gasteiger partial charge is 0.295 e. The van der Waals surface area contributed by atoms with Crippen LogP contribution < -0.4 is 25.2 Å². The summed E-state index contributed by atoms with van der Waals surface area (Å²) >= 11 is 0. The van der Waals surface area contributed by atoms with Crippen molar-refractivity contribution in [3.8, 4) is 11.5 Å². The fraction of sp³-hybridized carbons (Fsp3) is 0.417. The van der Waals surface area contributed by atoms with E-state index in [-0.39, 0.29) is 17.4 Å². The summed E-state index contributed by atoms with van der Waals surface area (Å²) in [6, 6.07) is 9.24. The summed E-state index contributed by atoms with van der Waals surface area (Å²) < 4.78 is 12.4. The van der Waals surface area contributed by atoms with E-state index in [4.69, 9.17) is 9.47 Å². The van der Waals surface area contributed by atoms with E-state index in [1.807, 2.05) is 42.2 Å². The number of hydrogen-bond donors (Lipinski definition) is 1. The van der Waals surface area contributed by atoms with Crippen molar-refractivity contribution in [1.82, 2.24) is 19.9 Å². The van der Waals surface area contributed by atoms with Crippen LogP contribution in [0.4, 0.5) is 5.82 Å². The molecule has 9 heteroatoms. The Balaban J connectivity index is 1.51. The van der Waals surface area contributed by atoms with Crippen molar-refractivity contribution in [3.63, 3.8) is 0 Å². The first-order chi connectivity index (χ1) is 16.1. The SMILES string of the molecule is CCn1c(=O)c(N2CCC[C@@H](C(=O)NCc3cccc(OC)c3OC)C2)nc2cccnc21. The molecule has 9 nitrogen and oxygen atoms in total. The Hall–Kier alpha value is -3.62. The first-order valence-electron chi connectivity index (χ1n) is 11.2. The molecule has 1 aliphatic rings. The van der Waals surface area contributed by atoms with E-state index in [0.29, 0.717) is 54.7 Å². The Kier molecular flexibility index (Phi) is 6.76. The first kappa shape index (κ1) is 22.6. The molecule has 2 aromatic heterocycles. The van der Waals surface area contributed by atoms with Gasteiger partial charge in [0.25, 0.3) is 5.56 Å². The Morgan fingerprint density at radius 2 is 2.06 bits per heavy atom. The van der Waals surface area contributed by atoms with Crippen LogP contribution >= 0.6 is 0 Å². The number of benzene rings is 1. The van der Waals surface area contributed by atoms with E-state index < -0.39 is 0 Å². The van der Waals surface area contributed by atoms with E-state index in [2.05, 4.69) is 15.3 Å². The van der Waals surface area contributed by atoms with Crippen LogP contribution in [0.15, 0.2) is 41.3 Å². The van der Waals surface area contributed by atoms with E-state index >= 15 is 0 Å². The number of carbonyl (C=O) groups excluding carboxylic acids is 1. The molecule has 0 aliphatic carbocycles. The molecule has 1 amide bonds. The summed E-state index contributed by atoms with van der Waals surface area (Å²) in [6.07, 6.45) is 3.22. The second kappa shape index (κ2) is 9.89. The highest BCUT2D eigenvalue weighted by Crippen LogP contribution is 2.30. The fourth-order valence-corrected chi connectivity index (χ4v) is 4.36. The van der Waals surface area contributed by atoms with Crippen molar-refractivity contribution in [2.45, 2.75) is 32.9 Å². The van der Waals surface area contributed by atoms with Gasteiger partial charge in [0.05, 0.1) is 20.1 Å². The van der Waals surface area contributed by atoms with Crippen LogP contribution in [-0.2, 0) is 17.9 Å². The number of fused-ring (bicyclic) bond motifs is 1. The fourth-order valence-electron chi connectivity index (χ4n) is 4.36. The zero-order valence-electron chi connectivity index (χ0n) is 19.2. The largest absolute Gasteiger partial charge is 0.493 e. The molecule has 1 N–H and O–H groups in total. The number of para-hydroxylation sites is 1. The molecule has 3 aromatic rings. The molecule has 4 rings (SSSR count). The van der Waals surface area contributed by atoms with Gasteiger partial charge in [0.15, 0.2) is 23.0 Å². The van der Waals surface area contributed by atoms with Crippen molar-refractivity contribution in [2.24, 2.45) is 5.92 Å². The van der Waals surface area contributed by atoms with Gasteiger partial charge in [-0.05, 0) is 38.0 Å². The van der Waals surface area contributed by atoms with Gasteiger partial charge in [-0.3, -0.25) is 14.2 Å². The second-order valence-corrected chi connectivity index (χ2v) is 7.99. The van der Waals surface area contributed by atoms with Crippen LogP contribution in [0.2, 0.25) is 0 Å². The minimum absolute atomic E-state index is 0.0529. The summed E-state index contributed by atoms with van der Waals surface area (Å²) in [5.74, 6) is 1.32. The van der Waals surface area contributed by atoms with Gasteiger partial charge >= 0.3 is 0 Å². The van der Waals surface area contributed by atoms with Crippen LogP contribution in [0.1, 0.15) is 25.3 Å². The van der Waals surface area contributed by atoms with Gasteiger partial charge in [0, 0.05) is 37.9 Å². The number of aryl methyl sites for hydroxylation is 1. The molecular formula is C24H29N5O4. The minimum atomic E-state index is -0.240. The minimum Gasteiger partial charge on any atom is -0.493 e. The number of amides is 1. The van der Waals surface area contributed by atoms with Gasteiger partial charge in [0.1, 0.15) is 5.52 Å². The zero-order chi connectivity index (χ0) is 23.4. The molecule has 174 valence electrons. The average molecular weight is 452 g/mol. The molecule has 0 unspecified atom stereocenters. The van der Waals surface area contributed by atoms with Gasteiger partial charge in [-0.2, -0.15) is 0 Å². The van der Waals surface area contributed by atoms with Crippen LogP contribution in [-0.4, -0.2) is 47.8 Å². The molecule has 0 bridgehead atoms. The van der Waals surface area contributed by atoms with Crippen LogP contribution in [0.25, 0.3) is 11.2 Å². The normalized spacial score (nSPS) is 16.0. The Morgan fingerprint density at radius 3 is 2.82 bits per heavy atom. The third kappa shape index (κ3) is 4.48. The van der Waals surface area contributed by atoms with Gasteiger partial charge in [-0.15, -0.1) is 0 Å². The third-order valence-electron chi connectivity index (χ3n) is 6.03.